The average Bonchev–Trinajstić information content (AvgIpc) is 3.18. The lowest BCUT2D eigenvalue weighted by Gasteiger charge is -2.30. The second kappa shape index (κ2) is 10.9. The summed E-state index contributed by atoms with van der Waals surface area (Å²) in [6, 6.07) is 6.26. The number of carbonyl (C=O) groups is 1. The third kappa shape index (κ3) is 5.45. The van der Waals surface area contributed by atoms with E-state index in [1.54, 1.807) is 0 Å². The van der Waals surface area contributed by atoms with Crippen LogP contribution >= 0.6 is 11.6 Å². The number of amides is 1. The molecule has 2 rings (SSSR count). The molecule has 1 saturated heterocycles. The number of hydrogen-bond donors (Lipinski definition) is 0. The van der Waals surface area contributed by atoms with Gasteiger partial charge in [0.15, 0.2) is 0 Å². The number of halogens is 1. The fourth-order valence-electron chi connectivity index (χ4n) is 3.40. The Hall–Kier alpha value is -1.10. The number of aryl methyl sites for hydroxylation is 2. The van der Waals surface area contributed by atoms with Gasteiger partial charge in [-0.05, 0) is 30.4 Å². The predicted molar refractivity (Wildman–Crippen MR) is 107 cm³/mol. The molecule has 5 heteroatoms. The number of para-hydroxylation sites is 1. The molecule has 0 saturated carbocycles. The van der Waals surface area contributed by atoms with Crippen LogP contribution in [0, 0.1) is 0 Å². The number of unbranched alkanes of at least 4 members (excludes halogenated alkanes) is 2. The minimum atomic E-state index is -0.501. The van der Waals surface area contributed by atoms with Crippen LogP contribution in [-0.2, 0) is 27.1 Å². The van der Waals surface area contributed by atoms with E-state index in [2.05, 4.69) is 39.0 Å². The molecular weight excluding hydrogens is 350 g/mol. The summed E-state index contributed by atoms with van der Waals surface area (Å²) in [5.41, 5.74) is 3.36. The van der Waals surface area contributed by atoms with Crippen molar-refractivity contribution in [2.45, 2.75) is 70.8 Å². The number of carbonyl (C=O) groups excluding carboxylic acids is 1. The van der Waals surface area contributed by atoms with Crippen LogP contribution in [0.4, 0.5) is 5.69 Å². The van der Waals surface area contributed by atoms with Crippen LogP contribution in [0.5, 0.6) is 0 Å². The Bertz CT molecular complexity index is 550. The van der Waals surface area contributed by atoms with Gasteiger partial charge in [-0.3, -0.25) is 4.79 Å². The molecule has 0 N–H and O–H groups in total. The highest BCUT2D eigenvalue weighted by atomic mass is 35.5. The molecule has 0 aromatic heterocycles. The number of benzene rings is 1. The summed E-state index contributed by atoms with van der Waals surface area (Å²) >= 11 is 6.52. The van der Waals surface area contributed by atoms with Gasteiger partial charge in [0.1, 0.15) is 18.3 Å². The molecule has 1 aromatic carbocycles. The minimum Gasteiger partial charge on any atom is -0.353 e. The fourth-order valence-corrected chi connectivity index (χ4v) is 3.67. The van der Waals surface area contributed by atoms with Crippen LogP contribution in [0.1, 0.15) is 57.6 Å². The predicted octanol–water partition coefficient (Wildman–Crippen LogP) is 4.71. The molecule has 1 fully saturated rings. The third-order valence-corrected chi connectivity index (χ3v) is 5.31. The summed E-state index contributed by atoms with van der Waals surface area (Å²) in [7, 11) is 0. The van der Waals surface area contributed by atoms with Crippen molar-refractivity contribution in [3.8, 4) is 0 Å². The van der Waals surface area contributed by atoms with Gasteiger partial charge in [0.05, 0.1) is 18.8 Å². The number of ether oxygens (including phenoxy) is 2. The zero-order valence-corrected chi connectivity index (χ0v) is 17.1. The first-order chi connectivity index (χ1) is 12.6. The zero-order valence-electron chi connectivity index (χ0n) is 16.3. The molecule has 2 atom stereocenters. The third-order valence-electron chi connectivity index (χ3n) is 4.91. The van der Waals surface area contributed by atoms with Gasteiger partial charge in [0.25, 0.3) is 0 Å². The molecule has 1 aromatic rings. The first-order valence-electron chi connectivity index (χ1n) is 9.87. The Morgan fingerprint density at radius 3 is 2.46 bits per heavy atom. The maximum atomic E-state index is 13.3. The highest BCUT2D eigenvalue weighted by molar-refractivity contribution is 6.32. The molecule has 2 unspecified atom stereocenters. The van der Waals surface area contributed by atoms with E-state index in [0.29, 0.717) is 26.4 Å². The first kappa shape index (κ1) is 21.2. The highest BCUT2D eigenvalue weighted by Crippen LogP contribution is 2.30. The van der Waals surface area contributed by atoms with Crippen molar-refractivity contribution in [1.29, 1.82) is 0 Å². The Morgan fingerprint density at radius 1 is 1.23 bits per heavy atom. The van der Waals surface area contributed by atoms with Gasteiger partial charge in [0.2, 0.25) is 5.91 Å². The SMILES string of the molecule is CCCCCC(Cl)C(=O)N(CC1COCO1)c1c(CC)cccc1CC. The van der Waals surface area contributed by atoms with Gasteiger partial charge in [0, 0.05) is 0 Å². The van der Waals surface area contributed by atoms with Gasteiger partial charge in [-0.1, -0.05) is 58.2 Å². The van der Waals surface area contributed by atoms with Gasteiger partial charge < -0.3 is 14.4 Å². The number of nitrogens with zero attached hydrogens (tertiary/aromatic N) is 1. The number of alkyl halides is 1. The van der Waals surface area contributed by atoms with E-state index in [4.69, 9.17) is 21.1 Å². The van der Waals surface area contributed by atoms with Crippen LogP contribution < -0.4 is 4.90 Å². The molecule has 0 radical (unpaired) electrons. The van der Waals surface area contributed by atoms with E-state index in [0.717, 1.165) is 37.8 Å². The number of anilines is 1. The van der Waals surface area contributed by atoms with Crippen molar-refractivity contribution >= 4 is 23.2 Å². The lowest BCUT2D eigenvalue weighted by atomic mass is 10.0. The molecule has 1 amide bonds. The van der Waals surface area contributed by atoms with Crippen LogP contribution in [0.2, 0.25) is 0 Å². The Labute approximate surface area is 162 Å². The van der Waals surface area contributed by atoms with E-state index in [1.165, 1.54) is 11.1 Å². The van der Waals surface area contributed by atoms with E-state index >= 15 is 0 Å². The van der Waals surface area contributed by atoms with Crippen molar-refractivity contribution in [2.24, 2.45) is 0 Å². The lowest BCUT2D eigenvalue weighted by Crippen LogP contribution is -2.43. The fraction of sp³-hybridized carbons (Fsp3) is 0.667. The van der Waals surface area contributed by atoms with Crippen LogP contribution in [0.3, 0.4) is 0 Å². The second-order valence-electron chi connectivity index (χ2n) is 6.82. The Kier molecular flexibility index (Phi) is 8.89. The van der Waals surface area contributed by atoms with Crippen LogP contribution in [0.25, 0.3) is 0 Å². The highest BCUT2D eigenvalue weighted by Gasteiger charge is 2.30. The van der Waals surface area contributed by atoms with Gasteiger partial charge in [-0.15, -0.1) is 11.6 Å². The van der Waals surface area contributed by atoms with Crippen molar-refractivity contribution in [3.05, 3.63) is 29.3 Å². The van der Waals surface area contributed by atoms with E-state index in [1.807, 2.05) is 4.90 Å². The molecule has 1 aliphatic rings. The molecule has 1 heterocycles. The van der Waals surface area contributed by atoms with Crippen molar-refractivity contribution < 1.29 is 14.3 Å². The van der Waals surface area contributed by atoms with E-state index in [9.17, 15) is 4.79 Å². The normalized spacial score (nSPS) is 18.1. The molecule has 146 valence electrons. The summed E-state index contributed by atoms with van der Waals surface area (Å²) in [6.45, 7) is 7.69. The van der Waals surface area contributed by atoms with E-state index in [-0.39, 0.29) is 12.0 Å². The van der Waals surface area contributed by atoms with Crippen molar-refractivity contribution in [1.82, 2.24) is 0 Å². The Morgan fingerprint density at radius 2 is 1.92 bits per heavy atom. The summed E-state index contributed by atoms with van der Waals surface area (Å²) < 4.78 is 11.0. The standard InChI is InChI=1S/C21H32ClNO3/c1-4-7-8-12-19(22)21(24)23(13-18-14-25-15-26-18)20-16(5-2)10-9-11-17(20)6-3/h9-11,18-19H,4-8,12-15H2,1-3H3. The minimum absolute atomic E-state index is 0.0196. The van der Waals surface area contributed by atoms with E-state index < -0.39 is 5.38 Å². The quantitative estimate of drug-likeness (QED) is 0.435. The summed E-state index contributed by atoms with van der Waals surface area (Å²) in [5.74, 6) is -0.0196. The summed E-state index contributed by atoms with van der Waals surface area (Å²) in [4.78, 5) is 15.1. The first-order valence-corrected chi connectivity index (χ1v) is 10.3. The summed E-state index contributed by atoms with van der Waals surface area (Å²) in [5, 5.41) is -0.501. The average molecular weight is 382 g/mol. The summed E-state index contributed by atoms with van der Waals surface area (Å²) in [6.07, 6.45) is 5.55. The molecule has 1 aliphatic heterocycles. The topological polar surface area (TPSA) is 38.8 Å². The molecule has 0 spiro atoms. The monoisotopic (exact) mass is 381 g/mol. The van der Waals surface area contributed by atoms with Gasteiger partial charge >= 0.3 is 0 Å². The van der Waals surface area contributed by atoms with Gasteiger partial charge in [-0.2, -0.15) is 0 Å². The zero-order chi connectivity index (χ0) is 18.9. The maximum absolute atomic E-state index is 13.3. The number of hydrogen-bond acceptors (Lipinski definition) is 3. The molecule has 4 nitrogen and oxygen atoms in total. The largest absolute Gasteiger partial charge is 0.353 e. The van der Waals surface area contributed by atoms with Crippen molar-refractivity contribution in [2.75, 3.05) is 24.8 Å². The smallest absolute Gasteiger partial charge is 0.245 e. The van der Waals surface area contributed by atoms with Gasteiger partial charge in [-0.25, -0.2) is 0 Å². The molecule has 0 bridgehead atoms. The molecule has 0 aliphatic carbocycles. The molecular formula is C21H32ClNO3. The maximum Gasteiger partial charge on any atom is 0.245 e. The second-order valence-corrected chi connectivity index (χ2v) is 7.35. The number of rotatable bonds is 10. The molecule has 26 heavy (non-hydrogen) atoms. The van der Waals surface area contributed by atoms with Crippen molar-refractivity contribution in [3.63, 3.8) is 0 Å². The lowest BCUT2D eigenvalue weighted by molar-refractivity contribution is -0.118. The Balaban J connectivity index is 2.30. The van der Waals surface area contributed by atoms with Crippen LogP contribution in [0.15, 0.2) is 18.2 Å². The van der Waals surface area contributed by atoms with Crippen LogP contribution in [-0.4, -0.2) is 37.3 Å².